The summed E-state index contributed by atoms with van der Waals surface area (Å²) in [4.78, 5) is 24.5. The van der Waals surface area contributed by atoms with E-state index in [0.717, 1.165) is 19.3 Å². The van der Waals surface area contributed by atoms with Gasteiger partial charge in [0.15, 0.2) is 0 Å². The molecule has 0 aromatic heterocycles. The quantitative estimate of drug-likeness (QED) is 0.596. The molecule has 1 rings (SSSR count). The molecule has 1 fully saturated rings. The maximum absolute atomic E-state index is 12.0. The maximum atomic E-state index is 12.0. The van der Waals surface area contributed by atoms with Crippen LogP contribution >= 0.6 is 0 Å². The van der Waals surface area contributed by atoms with Crippen molar-refractivity contribution in [1.82, 2.24) is 10.2 Å². The van der Waals surface area contributed by atoms with Gasteiger partial charge < -0.3 is 20.4 Å². The Hall–Kier alpha value is -1.30. The van der Waals surface area contributed by atoms with Gasteiger partial charge in [-0.25, -0.2) is 9.59 Å². The number of nitrogens with zero attached hydrogens (tertiary/aromatic N) is 1. The van der Waals surface area contributed by atoms with Gasteiger partial charge in [-0.15, -0.1) is 0 Å². The first kappa shape index (κ1) is 14.8. The number of aliphatic carboxylic acids is 1. The zero-order valence-electron chi connectivity index (χ0n) is 10.8. The van der Waals surface area contributed by atoms with Gasteiger partial charge in [0.05, 0.1) is 0 Å². The molecule has 2 amide bonds. The molecule has 0 spiro atoms. The molecule has 1 aliphatic rings. The molecule has 0 radical (unpaired) electrons. The third kappa shape index (κ3) is 4.91. The number of carbonyl (C=O) groups excluding carboxylic acids is 1. The molecule has 0 aromatic carbocycles. The first-order valence-corrected chi connectivity index (χ1v) is 6.47. The lowest BCUT2D eigenvalue weighted by molar-refractivity contribution is -0.139. The molecule has 0 unspecified atom stereocenters. The number of carbonyl (C=O) groups is 2. The molecule has 0 bridgehead atoms. The van der Waals surface area contributed by atoms with Crippen LogP contribution in [0.2, 0.25) is 0 Å². The summed E-state index contributed by atoms with van der Waals surface area (Å²) in [6, 6.07) is -1.36. The van der Waals surface area contributed by atoms with Crippen molar-refractivity contribution in [3.05, 3.63) is 0 Å². The molecule has 1 atom stereocenters. The van der Waals surface area contributed by atoms with Gasteiger partial charge in [-0.05, 0) is 25.2 Å². The van der Waals surface area contributed by atoms with Gasteiger partial charge in [0.25, 0.3) is 0 Å². The Labute approximate surface area is 107 Å². The van der Waals surface area contributed by atoms with E-state index in [1.807, 2.05) is 6.92 Å². The second-order valence-corrected chi connectivity index (χ2v) is 4.74. The third-order valence-corrected chi connectivity index (χ3v) is 2.97. The number of aliphatic hydroxyl groups is 1. The van der Waals surface area contributed by atoms with E-state index in [9.17, 15) is 9.59 Å². The van der Waals surface area contributed by atoms with Crippen LogP contribution in [0, 0.1) is 5.92 Å². The zero-order chi connectivity index (χ0) is 13.5. The van der Waals surface area contributed by atoms with E-state index in [4.69, 9.17) is 10.2 Å². The number of urea groups is 1. The molecule has 0 saturated heterocycles. The Bertz CT molecular complexity index is 292. The number of nitrogens with one attached hydrogen (secondary N) is 1. The van der Waals surface area contributed by atoms with Crippen LogP contribution in [0.25, 0.3) is 0 Å². The molecular formula is C12H22N2O4. The SMILES string of the molecule is CCCN(CC1CC1)C(=O)N[C@@H](CCO)C(=O)O. The Morgan fingerprint density at radius 2 is 2.11 bits per heavy atom. The predicted molar refractivity (Wildman–Crippen MR) is 66.2 cm³/mol. The zero-order valence-corrected chi connectivity index (χ0v) is 10.8. The van der Waals surface area contributed by atoms with E-state index < -0.39 is 12.0 Å². The molecule has 0 aromatic rings. The van der Waals surface area contributed by atoms with Crippen LogP contribution < -0.4 is 5.32 Å². The largest absolute Gasteiger partial charge is 0.480 e. The molecule has 0 aliphatic heterocycles. The average Bonchev–Trinajstić information content (AvgIpc) is 3.11. The van der Waals surface area contributed by atoms with Gasteiger partial charge in [0, 0.05) is 26.1 Å². The smallest absolute Gasteiger partial charge is 0.326 e. The second kappa shape index (κ2) is 7.20. The van der Waals surface area contributed by atoms with Gasteiger partial charge in [-0.2, -0.15) is 0 Å². The van der Waals surface area contributed by atoms with E-state index in [-0.39, 0.29) is 19.1 Å². The summed E-state index contributed by atoms with van der Waals surface area (Å²) in [5, 5.41) is 20.1. The van der Waals surface area contributed by atoms with Gasteiger partial charge >= 0.3 is 12.0 Å². The van der Waals surface area contributed by atoms with E-state index in [2.05, 4.69) is 5.32 Å². The standard InChI is InChI=1S/C12H22N2O4/c1-2-6-14(8-9-3-4-9)12(18)13-10(5-7-15)11(16)17/h9-10,15H,2-8H2,1H3,(H,13,18)(H,16,17)/t10-/m0/s1. The highest BCUT2D eigenvalue weighted by molar-refractivity contribution is 5.82. The summed E-state index contributed by atoms with van der Waals surface area (Å²) in [6.45, 7) is 3.06. The third-order valence-electron chi connectivity index (χ3n) is 2.97. The van der Waals surface area contributed by atoms with Crippen LogP contribution in [0.3, 0.4) is 0 Å². The highest BCUT2D eigenvalue weighted by Crippen LogP contribution is 2.29. The monoisotopic (exact) mass is 258 g/mol. The minimum absolute atomic E-state index is 0.0322. The number of hydrogen-bond donors (Lipinski definition) is 3. The van der Waals surface area contributed by atoms with E-state index in [1.54, 1.807) is 4.90 Å². The number of carboxylic acid groups (broad SMARTS) is 1. The van der Waals surface area contributed by atoms with Crippen LogP contribution in [0.4, 0.5) is 4.79 Å². The van der Waals surface area contributed by atoms with Crippen molar-refractivity contribution in [2.24, 2.45) is 5.92 Å². The maximum Gasteiger partial charge on any atom is 0.326 e. The Balaban J connectivity index is 2.49. The highest BCUT2D eigenvalue weighted by Gasteiger charge is 2.28. The van der Waals surface area contributed by atoms with Gasteiger partial charge in [-0.3, -0.25) is 0 Å². The average molecular weight is 258 g/mol. The first-order valence-electron chi connectivity index (χ1n) is 6.47. The van der Waals surface area contributed by atoms with Crippen LogP contribution in [0.1, 0.15) is 32.6 Å². The topological polar surface area (TPSA) is 89.9 Å². The highest BCUT2D eigenvalue weighted by atomic mass is 16.4. The fourth-order valence-corrected chi connectivity index (χ4v) is 1.78. The Morgan fingerprint density at radius 1 is 1.44 bits per heavy atom. The number of carboxylic acids is 1. The van der Waals surface area contributed by atoms with Crippen molar-refractivity contribution in [3.63, 3.8) is 0 Å². The molecule has 104 valence electrons. The second-order valence-electron chi connectivity index (χ2n) is 4.74. The number of rotatable bonds is 8. The molecule has 6 nitrogen and oxygen atoms in total. The Morgan fingerprint density at radius 3 is 2.56 bits per heavy atom. The van der Waals surface area contributed by atoms with Crippen molar-refractivity contribution >= 4 is 12.0 Å². The van der Waals surface area contributed by atoms with Crippen LogP contribution in [0.5, 0.6) is 0 Å². The van der Waals surface area contributed by atoms with Gasteiger partial charge in [-0.1, -0.05) is 6.92 Å². The lowest BCUT2D eigenvalue weighted by atomic mass is 10.2. The summed E-state index contributed by atoms with van der Waals surface area (Å²) in [5.41, 5.74) is 0. The number of aliphatic hydroxyl groups excluding tert-OH is 1. The predicted octanol–water partition coefficient (Wildman–Crippen LogP) is 0.654. The van der Waals surface area contributed by atoms with Crippen molar-refractivity contribution in [2.75, 3.05) is 19.7 Å². The van der Waals surface area contributed by atoms with Gasteiger partial charge in [0.1, 0.15) is 6.04 Å². The summed E-state index contributed by atoms with van der Waals surface area (Å²) in [5.74, 6) is -0.538. The van der Waals surface area contributed by atoms with E-state index in [1.165, 1.54) is 0 Å². The molecule has 6 heteroatoms. The van der Waals surface area contributed by atoms with Crippen molar-refractivity contribution in [2.45, 2.75) is 38.6 Å². The summed E-state index contributed by atoms with van der Waals surface area (Å²) in [6.07, 6.45) is 3.17. The van der Waals surface area contributed by atoms with Crippen molar-refractivity contribution in [1.29, 1.82) is 0 Å². The lowest BCUT2D eigenvalue weighted by Crippen LogP contribution is -2.49. The molecule has 1 aliphatic carbocycles. The lowest BCUT2D eigenvalue weighted by Gasteiger charge is -2.24. The normalized spacial score (nSPS) is 16.1. The van der Waals surface area contributed by atoms with Crippen molar-refractivity contribution < 1.29 is 19.8 Å². The van der Waals surface area contributed by atoms with Crippen LogP contribution in [-0.4, -0.2) is 52.9 Å². The molecule has 3 N–H and O–H groups in total. The van der Waals surface area contributed by atoms with E-state index in [0.29, 0.717) is 19.0 Å². The van der Waals surface area contributed by atoms with Crippen LogP contribution in [0.15, 0.2) is 0 Å². The van der Waals surface area contributed by atoms with Gasteiger partial charge in [0.2, 0.25) is 0 Å². The Kier molecular flexibility index (Phi) is 5.91. The first-order chi connectivity index (χ1) is 8.58. The van der Waals surface area contributed by atoms with Crippen LogP contribution in [-0.2, 0) is 4.79 Å². The summed E-state index contributed by atoms with van der Waals surface area (Å²) >= 11 is 0. The number of amides is 2. The minimum Gasteiger partial charge on any atom is -0.480 e. The molecule has 18 heavy (non-hydrogen) atoms. The van der Waals surface area contributed by atoms with E-state index >= 15 is 0 Å². The summed E-state index contributed by atoms with van der Waals surface area (Å²) < 4.78 is 0. The molecule has 1 saturated carbocycles. The fourth-order valence-electron chi connectivity index (χ4n) is 1.78. The molecule has 0 heterocycles. The number of hydrogen-bond acceptors (Lipinski definition) is 3. The summed E-state index contributed by atoms with van der Waals surface area (Å²) in [7, 11) is 0. The fraction of sp³-hybridized carbons (Fsp3) is 0.833. The minimum atomic E-state index is -1.11. The molecular weight excluding hydrogens is 236 g/mol. The van der Waals surface area contributed by atoms with Crippen molar-refractivity contribution in [3.8, 4) is 0 Å².